The van der Waals surface area contributed by atoms with Gasteiger partial charge in [-0.2, -0.15) is 0 Å². The van der Waals surface area contributed by atoms with Crippen LogP contribution in [0.25, 0.3) is 0 Å². The third-order valence-corrected chi connectivity index (χ3v) is 4.63. The third kappa shape index (κ3) is 3.10. The van der Waals surface area contributed by atoms with E-state index in [9.17, 15) is 0 Å². The van der Waals surface area contributed by atoms with Crippen molar-refractivity contribution in [2.75, 3.05) is 12.4 Å². The molecule has 1 aliphatic carbocycles. The van der Waals surface area contributed by atoms with Crippen LogP contribution in [-0.4, -0.2) is 17.0 Å². The average molecular weight is 326 g/mol. The standard InChI is InChI=1S/C15H24BrN3/c1-9-6-7-10(8-9)13-18-12(15(2,3)4)11(16)14(17-5)19-13/h9-10H,6-8H2,1-5H3,(H,17,18,19). The lowest BCUT2D eigenvalue weighted by atomic mass is 9.91. The van der Waals surface area contributed by atoms with Crippen molar-refractivity contribution in [1.29, 1.82) is 0 Å². The zero-order chi connectivity index (χ0) is 14.2. The minimum absolute atomic E-state index is 0.0202. The molecule has 1 heterocycles. The van der Waals surface area contributed by atoms with Crippen molar-refractivity contribution in [3.05, 3.63) is 16.0 Å². The van der Waals surface area contributed by atoms with E-state index in [1.165, 1.54) is 19.3 Å². The number of nitrogens with one attached hydrogen (secondary N) is 1. The van der Waals surface area contributed by atoms with Crippen molar-refractivity contribution in [3.8, 4) is 0 Å². The fourth-order valence-corrected chi connectivity index (χ4v) is 3.72. The Labute approximate surface area is 124 Å². The summed E-state index contributed by atoms with van der Waals surface area (Å²) in [5.74, 6) is 3.25. The summed E-state index contributed by atoms with van der Waals surface area (Å²) in [6.45, 7) is 8.91. The second-order valence-corrected chi connectivity index (χ2v) is 7.50. The van der Waals surface area contributed by atoms with Crippen LogP contribution in [0.2, 0.25) is 0 Å². The van der Waals surface area contributed by atoms with Gasteiger partial charge in [0.05, 0.1) is 10.2 Å². The van der Waals surface area contributed by atoms with Gasteiger partial charge in [0, 0.05) is 18.4 Å². The first-order valence-corrected chi connectivity index (χ1v) is 7.88. The highest BCUT2D eigenvalue weighted by Gasteiger charge is 2.29. The van der Waals surface area contributed by atoms with Gasteiger partial charge in [-0.05, 0) is 41.1 Å². The first-order chi connectivity index (χ1) is 8.82. The molecule has 0 radical (unpaired) electrons. The Morgan fingerprint density at radius 2 is 1.89 bits per heavy atom. The van der Waals surface area contributed by atoms with Gasteiger partial charge in [-0.1, -0.05) is 27.7 Å². The molecule has 2 atom stereocenters. The number of aromatic nitrogens is 2. The van der Waals surface area contributed by atoms with Crippen LogP contribution < -0.4 is 5.32 Å². The number of rotatable bonds is 2. The summed E-state index contributed by atoms with van der Waals surface area (Å²) in [5.41, 5.74) is 1.12. The molecule has 0 saturated heterocycles. The summed E-state index contributed by atoms with van der Waals surface area (Å²) in [5, 5.41) is 3.18. The van der Waals surface area contributed by atoms with Crippen LogP contribution >= 0.6 is 15.9 Å². The van der Waals surface area contributed by atoms with Crippen molar-refractivity contribution >= 4 is 21.7 Å². The van der Waals surface area contributed by atoms with E-state index >= 15 is 0 Å². The molecule has 1 aromatic heterocycles. The van der Waals surface area contributed by atoms with Gasteiger partial charge in [0.2, 0.25) is 0 Å². The molecule has 1 N–H and O–H groups in total. The van der Waals surface area contributed by atoms with E-state index in [1.807, 2.05) is 7.05 Å². The van der Waals surface area contributed by atoms with Crippen LogP contribution in [0.3, 0.4) is 0 Å². The molecule has 0 aliphatic heterocycles. The highest BCUT2D eigenvalue weighted by molar-refractivity contribution is 9.10. The number of anilines is 1. The SMILES string of the molecule is CNc1nc(C2CCC(C)C2)nc(C(C)(C)C)c1Br. The molecule has 0 bridgehead atoms. The lowest BCUT2D eigenvalue weighted by Gasteiger charge is -2.23. The molecular weight excluding hydrogens is 302 g/mol. The summed E-state index contributed by atoms with van der Waals surface area (Å²) in [7, 11) is 1.92. The zero-order valence-corrected chi connectivity index (χ0v) is 14.1. The maximum Gasteiger partial charge on any atom is 0.144 e. The maximum atomic E-state index is 4.87. The van der Waals surface area contributed by atoms with Gasteiger partial charge in [-0.3, -0.25) is 0 Å². The first kappa shape index (κ1) is 14.8. The zero-order valence-electron chi connectivity index (χ0n) is 12.5. The first-order valence-electron chi connectivity index (χ1n) is 7.08. The molecule has 1 saturated carbocycles. The van der Waals surface area contributed by atoms with E-state index in [0.717, 1.165) is 27.7 Å². The minimum Gasteiger partial charge on any atom is -0.372 e. The quantitative estimate of drug-likeness (QED) is 0.870. The summed E-state index contributed by atoms with van der Waals surface area (Å²) >= 11 is 3.64. The molecule has 1 aliphatic rings. The Bertz CT molecular complexity index is 465. The fourth-order valence-electron chi connectivity index (χ4n) is 2.75. The van der Waals surface area contributed by atoms with Crippen LogP contribution in [-0.2, 0) is 5.41 Å². The second-order valence-electron chi connectivity index (χ2n) is 6.71. The van der Waals surface area contributed by atoms with Gasteiger partial charge < -0.3 is 5.32 Å². The van der Waals surface area contributed by atoms with Crippen LogP contribution in [0.1, 0.15) is 64.4 Å². The molecule has 0 amide bonds. The van der Waals surface area contributed by atoms with Crippen LogP contribution in [0.15, 0.2) is 4.47 Å². The van der Waals surface area contributed by atoms with E-state index in [4.69, 9.17) is 9.97 Å². The van der Waals surface area contributed by atoms with Gasteiger partial charge in [0.1, 0.15) is 11.6 Å². The average Bonchev–Trinajstić information content (AvgIpc) is 2.74. The molecule has 19 heavy (non-hydrogen) atoms. The van der Waals surface area contributed by atoms with E-state index in [2.05, 4.69) is 48.9 Å². The Morgan fingerprint density at radius 1 is 1.21 bits per heavy atom. The van der Waals surface area contributed by atoms with Crippen molar-refractivity contribution < 1.29 is 0 Å². The molecule has 1 aromatic rings. The molecule has 0 aromatic carbocycles. The Balaban J connectivity index is 2.45. The molecule has 3 nitrogen and oxygen atoms in total. The normalized spacial score (nSPS) is 23.7. The Kier molecular flexibility index (Phi) is 4.19. The summed E-state index contributed by atoms with van der Waals surface area (Å²) in [6.07, 6.45) is 3.73. The minimum atomic E-state index is 0.0202. The van der Waals surface area contributed by atoms with Gasteiger partial charge >= 0.3 is 0 Å². The number of hydrogen-bond acceptors (Lipinski definition) is 3. The van der Waals surface area contributed by atoms with Gasteiger partial charge in [-0.25, -0.2) is 9.97 Å². The molecule has 4 heteroatoms. The summed E-state index contributed by atoms with van der Waals surface area (Å²) in [6, 6.07) is 0. The highest BCUT2D eigenvalue weighted by atomic mass is 79.9. The molecule has 1 fully saturated rings. The smallest absolute Gasteiger partial charge is 0.144 e. The van der Waals surface area contributed by atoms with Crippen LogP contribution in [0.4, 0.5) is 5.82 Å². The van der Waals surface area contributed by atoms with Gasteiger partial charge in [0.25, 0.3) is 0 Å². The molecule has 0 spiro atoms. The van der Waals surface area contributed by atoms with Crippen molar-refractivity contribution in [2.45, 2.75) is 58.3 Å². The molecule has 106 valence electrons. The monoisotopic (exact) mass is 325 g/mol. The lowest BCUT2D eigenvalue weighted by Crippen LogP contribution is -2.18. The topological polar surface area (TPSA) is 37.8 Å². The Morgan fingerprint density at radius 3 is 2.37 bits per heavy atom. The van der Waals surface area contributed by atoms with Crippen LogP contribution in [0, 0.1) is 5.92 Å². The van der Waals surface area contributed by atoms with Gasteiger partial charge in [0.15, 0.2) is 0 Å². The molecule has 2 rings (SSSR count). The van der Waals surface area contributed by atoms with Crippen LogP contribution in [0.5, 0.6) is 0 Å². The number of hydrogen-bond donors (Lipinski definition) is 1. The second kappa shape index (κ2) is 5.39. The van der Waals surface area contributed by atoms with E-state index in [0.29, 0.717) is 5.92 Å². The van der Waals surface area contributed by atoms with Gasteiger partial charge in [-0.15, -0.1) is 0 Å². The fraction of sp³-hybridized carbons (Fsp3) is 0.733. The number of nitrogens with zero attached hydrogens (tertiary/aromatic N) is 2. The molecular formula is C15H24BrN3. The summed E-state index contributed by atoms with van der Waals surface area (Å²) in [4.78, 5) is 9.58. The predicted molar refractivity (Wildman–Crippen MR) is 83.7 cm³/mol. The maximum absolute atomic E-state index is 4.87. The number of halogens is 1. The highest BCUT2D eigenvalue weighted by Crippen LogP contribution is 2.39. The summed E-state index contributed by atoms with van der Waals surface area (Å²) < 4.78 is 0.997. The third-order valence-electron chi connectivity index (χ3n) is 3.88. The lowest BCUT2D eigenvalue weighted by molar-refractivity contribution is 0.543. The van der Waals surface area contributed by atoms with Crippen molar-refractivity contribution in [3.63, 3.8) is 0 Å². The Hall–Kier alpha value is -0.640. The predicted octanol–water partition coefficient (Wildman–Crippen LogP) is 4.48. The van der Waals surface area contributed by atoms with E-state index < -0.39 is 0 Å². The van der Waals surface area contributed by atoms with E-state index in [-0.39, 0.29) is 5.41 Å². The largest absolute Gasteiger partial charge is 0.372 e. The van der Waals surface area contributed by atoms with Crippen molar-refractivity contribution in [1.82, 2.24) is 9.97 Å². The molecule has 2 unspecified atom stereocenters. The van der Waals surface area contributed by atoms with E-state index in [1.54, 1.807) is 0 Å². The van der Waals surface area contributed by atoms with Crippen molar-refractivity contribution in [2.24, 2.45) is 5.92 Å².